The summed E-state index contributed by atoms with van der Waals surface area (Å²) in [4.78, 5) is 27.2. The number of nitrogens with zero attached hydrogens (tertiary/aromatic N) is 3. The van der Waals surface area contributed by atoms with Gasteiger partial charge < -0.3 is 10.0 Å². The molecule has 1 aliphatic rings. The smallest absolute Gasteiger partial charge is 0.313 e. The molecule has 0 bridgehead atoms. The maximum Gasteiger partial charge on any atom is 0.313 e. The third-order valence-corrected chi connectivity index (χ3v) is 4.22. The molecule has 0 radical (unpaired) electrons. The number of hydrogen-bond donors (Lipinski definition) is 1. The molecule has 1 fully saturated rings. The van der Waals surface area contributed by atoms with Gasteiger partial charge in [-0.2, -0.15) is 11.8 Å². The Balaban J connectivity index is 2.36. The number of aliphatic carboxylic acids is 1. The van der Waals surface area contributed by atoms with Crippen LogP contribution in [-0.4, -0.2) is 45.1 Å². The Morgan fingerprint density at radius 1 is 1.70 bits per heavy atom. The summed E-state index contributed by atoms with van der Waals surface area (Å²) in [6, 6.07) is 0.933. The molecule has 108 valence electrons. The molecule has 1 N–H and O–H groups in total. The Hall–Kier alpha value is -1.54. The lowest BCUT2D eigenvalue weighted by molar-refractivity contribution is -0.384. The van der Waals surface area contributed by atoms with Crippen molar-refractivity contribution in [1.29, 1.82) is 0 Å². The number of anilines is 1. The van der Waals surface area contributed by atoms with Gasteiger partial charge in [-0.1, -0.05) is 11.6 Å². The first kappa shape index (κ1) is 14.9. The summed E-state index contributed by atoms with van der Waals surface area (Å²) in [5, 5.41) is 20.2. The van der Waals surface area contributed by atoms with Crippen molar-refractivity contribution in [2.75, 3.05) is 23.0 Å². The maximum atomic E-state index is 11.1. The molecule has 1 aromatic heterocycles. The van der Waals surface area contributed by atoms with E-state index in [0.29, 0.717) is 12.3 Å². The summed E-state index contributed by atoms with van der Waals surface area (Å²) >= 11 is 7.37. The SMILES string of the molecule is O=C(O)CC1CSCCN1c1ncc(Cl)cc1[N+](=O)[O-]. The van der Waals surface area contributed by atoms with Crippen LogP contribution in [0.4, 0.5) is 11.5 Å². The highest BCUT2D eigenvalue weighted by atomic mass is 35.5. The zero-order chi connectivity index (χ0) is 14.7. The topological polar surface area (TPSA) is 96.6 Å². The second-order valence-corrected chi connectivity index (χ2v) is 5.86. The van der Waals surface area contributed by atoms with Gasteiger partial charge in [0.2, 0.25) is 5.82 Å². The van der Waals surface area contributed by atoms with E-state index in [1.54, 1.807) is 16.7 Å². The van der Waals surface area contributed by atoms with Crippen LogP contribution in [0.2, 0.25) is 5.02 Å². The van der Waals surface area contributed by atoms with Gasteiger partial charge in [-0.25, -0.2) is 4.98 Å². The Bertz CT molecular complexity index is 542. The third-order valence-electron chi connectivity index (χ3n) is 2.92. The normalized spacial score (nSPS) is 18.9. The van der Waals surface area contributed by atoms with Gasteiger partial charge in [-0.3, -0.25) is 14.9 Å². The molecule has 7 nitrogen and oxygen atoms in total. The average molecular weight is 318 g/mol. The molecule has 1 saturated heterocycles. The van der Waals surface area contributed by atoms with Crippen LogP contribution in [0.15, 0.2) is 12.3 Å². The minimum atomic E-state index is -0.931. The van der Waals surface area contributed by atoms with Crippen molar-refractivity contribution in [2.45, 2.75) is 12.5 Å². The number of thioether (sulfide) groups is 1. The van der Waals surface area contributed by atoms with E-state index in [9.17, 15) is 14.9 Å². The Kier molecular flexibility index (Phi) is 4.66. The van der Waals surface area contributed by atoms with Crippen molar-refractivity contribution >= 4 is 40.8 Å². The van der Waals surface area contributed by atoms with Crippen LogP contribution in [0.5, 0.6) is 0 Å². The molecule has 0 amide bonds. The van der Waals surface area contributed by atoms with E-state index >= 15 is 0 Å². The van der Waals surface area contributed by atoms with Gasteiger partial charge in [0, 0.05) is 30.3 Å². The lowest BCUT2D eigenvalue weighted by Gasteiger charge is -2.35. The molecule has 20 heavy (non-hydrogen) atoms. The molecule has 2 rings (SSSR count). The van der Waals surface area contributed by atoms with Gasteiger partial charge in [0.15, 0.2) is 0 Å². The Labute approximate surface area is 124 Å². The van der Waals surface area contributed by atoms with Gasteiger partial charge >= 0.3 is 11.7 Å². The zero-order valence-electron chi connectivity index (χ0n) is 10.4. The van der Waals surface area contributed by atoms with E-state index in [-0.39, 0.29) is 29.0 Å². The van der Waals surface area contributed by atoms with Crippen LogP contribution < -0.4 is 4.90 Å². The Morgan fingerprint density at radius 2 is 2.45 bits per heavy atom. The first-order valence-electron chi connectivity index (χ1n) is 5.85. The van der Waals surface area contributed by atoms with E-state index in [1.165, 1.54) is 12.3 Å². The molecule has 9 heteroatoms. The van der Waals surface area contributed by atoms with Crippen molar-refractivity contribution in [1.82, 2.24) is 4.98 Å². The number of rotatable bonds is 4. The number of carboxylic acids is 1. The predicted molar refractivity (Wildman–Crippen MR) is 76.6 cm³/mol. The van der Waals surface area contributed by atoms with E-state index in [1.807, 2.05) is 0 Å². The number of pyridine rings is 1. The fraction of sp³-hybridized carbons (Fsp3) is 0.455. The van der Waals surface area contributed by atoms with Gasteiger partial charge in [0.25, 0.3) is 0 Å². The lowest BCUT2D eigenvalue weighted by atomic mass is 10.2. The summed E-state index contributed by atoms with van der Waals surface area (Å²) in [5.74, 6) is 0.635. The van der Waals surface area contributed by atoms with Gasteiger partial charge in [0.1, 0.15) is 0 Å². The predicted octanol–water partition coefficient (Wildman–Crippen LogP) is 2.04. The first-order valence-corrected chi connectivity index (χ1v) is 7.38. The molecule has 2 heterocycles. The van der Waals surface area contributed by atoms with Crippen LogP contribution in [0, 0.1) is 10.1 Å². The molecule has 1 unspecified atom stereocenters. The third kappa shape index (κ3) is 3.31. The van der Waals surface area contributed by atoms with Crippen LogP contribution in [0.1, 0.15) is 6.42 Å². The largest absolute Gasteiger partial charge is 0.481 e. The number of nitro groups is 1. The monoisotopic (exact) mass is 317 g/mol. The molecule has 0 spiro atoms. The highest BCUT2D eigenvalue weighted by molar-refractivity contribution is 7.99. The van der Waals surface area contributed by atoms with Crippen LogP contribution in [0.3, 0.4) is 0 Å². The number of aromatic nitrogens is 1. The molecule has 1 atom stereocenters. The van der Waals surface area contributed by atoms with Crippen LogP contribution >= 0.6 is 23.4 Å². The van der Waals surface area contributed by atoms with Crippen LogP contribution in [-0.2, 0) is 4.79 Å². The summed E-state index contributed by atoms with van der Waals surface area (Å²) in [6.07, 6.45) is 1.26. The van der Waals surface area contributed by atoms with Crippen molar-refractivity contribution in [3.63, 3.8) is 0 Å². The van der Waals surface area contributed by atoms with Crippen molar-refractivity contribution in [3.05, 3.63) is 27.4 Å². The van der Waals surface area contributed by atoms with Gasteiger partial charge in [-0.15, -0.1) is 0 Å². The highest BCUT2D eigenvalue weighted by Crippen LogP contribution is 2.32. The first-order chi connectivity index (χ1) is 9.49. The second kappa shape index (κ2) is 6.27. The second-order valence-electron chi connectivity index (χ2n) is 4.27. The highest BCUT2D eigenvalue weighted by Gasteiger charge is 2.31. The quantitative estimate of drug-likeness (QED) is 0.670. The molecular weight excluding hydrogens is 306 g/mol. The van der Waals surface area contributed by atoms with Crippen molar-refractivity contribution < 1.29 is 14.8 Å². The summed E-state index contributed by atoms with van der Waals surface area (Å²) in [5.41, 5.74) is -0.195. The lowest BCUT2D eigenvalue weighted by Crippen LogP contribution is -2.44. The average Bonchev–Trinajstić information content (AvgIpc) is 2.39. The maximum absolute atomic E-state index is 11.1. The fourth-order valence-electron chi connectivity index (χ4n) is 2.08. The zero-order valence-corrected chi connectivity index (χ0v) is 11.9. The molecule has 0 aliphatic carbocycles. The summed E-state index contributed by atoms with van der Waals surface area (Å²) in [7, 11) is 0. The minimum Gasteiger partial charge on any atom is -0.481 e. The van der Waals surface area contributed by atoms with Gasteiger partial charge in [-0.05, 0) is 0 Å². The van der Waals surface area contributed by atoms with Crippen molar-refractivity contribution in [3.8, 4) is 0 Å². The van der Waals surface area contributed by atoms with E-state index in [0.717, 1.165) is 5.75 Å². The van der Waals surface area contributed by atoms with E-state index in [4.69, 9.17) is 16.7 Å². The van der Waals surface area contributed by atoms with E-state index < -0.39 is 10.9 Å². The molecule has 1 aliphatic heterocycles. The number of carbonyl (C=O) groups is 1. The summed E-state index contributed by atoms with van der Waals surface area (Å²) in [6.45, 7) is 0.526. The molecule has 1 aromatic rings. The summed E-state index contributed by atoms with van der Waals surface area (Å²) < 4.78 is 0. The van der Waals surface area contributed by atoms with E-state index in [2.05, 4.69) is 4.98 Å². The number of carboxylic acid groups (broad SMARTS) is 1. The standard InChI is InChI=1S/C11H12ClN3O4S/c12-7-3-9(15(18)19)11(13-5-7)14-1-2-20-6-8(14)4-10(16)17/h3,5,8H,1-2,4,6H2,(H,16,17). The van der Waals surface area contributed by atoms with Gasteiger partial charge in [0.05, 0.1) is 22.4 Å². The van der Waals surface area contributed by atoms with Crippen LogP contribution in [0.25, 0.3) is 0 Å². The fourth-order valence-corrected chi connectivity index (χ4v) is 3.30. The molecule has 0 saturated carbocycles. The Morgan fingerprint density at radius 3 is 3.10 bits per heavy atom. The molecular formula is C11H12ClN3O4S. The van der Waals surface area contributed by atoms with Crippen molar-refractivity contribution in [2.24, 2.45) is 0 Å². The number of halogens is 1. The number of hydrogen-bond acceptors (Lipinski definition) is 6. The molecule has 0 aromatic carbocycles. The minimum absolute atomic E-state index is 0.0749.